The van der Waals surface area contributed by atoms with Crippen molar-refractivity contribution in [2.75, 3.05) is 6.61 Å². The lowest BCUT2D eigenvalue weighted by Crippen LogP contribution is -2.42. The van der Waals surface area contributed by atoms with Gasteiger partial charge in [0.2, 0.25) is 0 Å². The van der Waals surface area contributed by atoms with Gasteiger partial charge in [0.15, 0.2) is 5.79 Å². The number of halogens is 2. The molecule has 0 bridgehead atoms. The van der Waals surface area contributed by atoms with Crippen molar-refractivity contribution in [3.8, 4) is 0 Å². The Morgan fingerprint density at radius 2 is 1.45 bits per heavy atom. The van der Waals surface area contributed by atoms with Crippen molar-refractivity contribution in [2.24, 2.45) is 0 Å². The fourth-order valence-corrected chi connectivity index (χ4v) is 5.39. The highest BCUT2D eigenvalue weighted by Gasteiger charge is 2.46. The number of hydrogen-bond acceptors (Lipinski definition) is 6. The van der Waals surface area contributed by atoms with E-state index >= 15 is 0 Å². The van der Waals surface area contributed by atoms with Crippen LogP contribution in [0.4, 0.5) is 0 Å². The van der Waals surface area contributed by atoms with Crippen LogP contribution in [0.3, 0.4) is 0 Å². The highest BCUT2D eigenvalue weighted by Crippen LogP contribution is 2.41. The highest BCUT2D eigenvalue weighted by molar-refractivity contribution is 6.48. The number of aliphatic hydroxyl groups excluding tert-OH is 1. The van der Waals surface area contributed by atoms with Crippen LogP contribution in [0.5, 0.6) is 0 Å². The zero-order chi connectivity index (χ0) is 28.2. The van der Waals surface area contributed by atoms with E-state index in [4.69, 9.17) is 37.4 Å². The highest BCUT2D eigenvalue weighted by atomic mass is 35.5. The first kappa shape index (κ1) is 28.4. The third-order valence-corrected chi connectivity index (χ3v) is 7.27. The Hall–Kier alpha value is -3.10. The van der Waals surface area contributed by atoms with Gasteiger partial charge in [0.1, 0.15) is 35.4 Å². The Morgan fingerprint density at radius 1 is 0.925 bits per heavy atom. The van der Waals surface area contributed by atoms with Crippen molar-refractivity contribution in [1.29, 1.82) is 0 Å². The standard InChI is InChI=1S/C32H30Cl2N2O4/c1-31(2)39-28(18-25(33)26-19-29(34)36-21-35-26)30(40-31)27(37)20-38-32(22-12-6-3-7-13-22,23-14-8-4-9-15-23)24-16-10-5-11-17-24/h3-19,21,27-28,30,37H,20H2,1-2H3/b25-18-/t27-,28+,30-/m1/s1. The van der Waals surface area contributed by atoms with Crippen molar-refractivity contribution in [1.82, 2.24) is 9.97 Å². The molecule has 0 radical (unpaired) electrons. The van der Waals surface area contributed by atoms with Gasteiger partial charge < -0.3 is 19.3 Å². The third-order valence-electron chi connectivity index (χ3n) is 6.74. The van der Waals surface area contributed by atoms with Gasteiger partial charge in [0, 0.05) is 6.07 Å². The quantitative estimate of drug-likeness (QED) is 0.179. The summed E-state index contributed by atoms with van der Waals surface area (Å²) in [6.07, 6.45) is 0.509. The van der Waals surface area contributed by atoms with E-state index in [0.717, 1.165) is 16.7 Å². The molecule has 1 aliphatic heterocycles. The van der Waals surface area contributed by atoms with Gasteiger partial charge in [-0.3, -0.25) is 0 Å². The average molecular weight is 578 g/mol. The number of hydrogen-bond donors (Lipinski definition) is 1. The molecule has 5 rings (SSSR count). The van der Waals surface area contributed by atoms with Crippen molar-refractivity contribution in [3.63, 3.8) is 0 Å². The Kier molecular flexibility index (Phi) is 8.66. The van der Waals surface area contributed by atoms with Crippen LogP contribution in [0.15, 0.2) is 109 Å². The number of nitrogens with zero attached hydrogens (tertiary/aromatic N) is 2. The lowest BCUT2D eigenvalue weighted by molar-refractivity contribution is -0.160. The molecular weight excluding hydrogens is 547 g/mol. The molecule has 1 N–H and O–H groups in total. The molecule has 0 aliphatic carbocycles. The van der Waals surface area contributed by atoms with Crippen molar-refractivity contribution < 1.29 is 19.3 Å². The van der Waals surface area contributed by atoms with Gasteiger partial charge in [-0.1, -0.05) is 114 Å². The number of benzene rings is 3. The molecular formula is C32H30Cl2N2O4. The van der Waals surface area contributed by atoms with E-state index in [1.807, 2.05) is 91.0 Å². The molecule has 8 heteroatoms. The Balaban J connectivity index is 1.48. The molecule has 0 saturated carbocycles. The molecule has 0 unspecified atom stereocenters. The van der Waals surface area contributed by atoms with Gasteiger partial charge >= 0.3 is 0 Å². The summed E-state index contributed by atoms with van der Waals surface area (Å²) >= 11 is 12.6. The van der Waals surface area contributed by atoms with Crippen LogP contribution in [0.25, 0.3) is 5.03 Å². The largest absolute Gasteiger partial charge is 0.388 e. The first-order valence-electron chi connectivity index (χ1n) is 13.0. The van der Waals surface area contributed by atoms with E-state index in [9.17, 15) is 5.11 Å². The second-order valence-corrected chi connectivity index (χ2v) is 10.8. The van der Waals surface area contributed by atoms with Gasteiger partial charge in [0.25, 0.3) is 0 Å². The molecule has 206 valence electrons. The van der Waals surface area contributed by atoms with Crippen LogP contribution in [0, 0.1) is 0 Å². The summed E-state index contributed by atoms with van der Waals surface area (Å²) in [5.41, 5.74) is 2.26. The first-order chi connectivity index (χ1) is 19.3. The third kappa shape index (κ3) is 6.13. The minimum absolute atomic E-state index is 0.0515. The number of aliphatic hydroxyl groups is 1. The SMILES string of the molecule is CC1(C)O[C@H]([C@H](O)COC(c2ccccc2)(c2ccccc2)c2ccccc2)[C@H](/C=C(\Cl)c2cc(Cl)ncn2)O1. The lowest BCUT2D eigenvalue weighted by Gasteiger charge is -2.37. The monoisotopic (exact) mass is 576 g/mol. The smallest absolute Gasteiger partial charge is 0.164 e. The van der Waals surface area contributed by atoms with E-state index in [1.54, 1.807) is 26.0 Å². The second-order valence-electron chi connectivity index (χ2n) is 9.96. The molecule has 40 heavy (non-hydrogen) atoms. The zero-order valence-electron chi connectivity index (χ0n) is 22.2. The zero-order valence-corrected chi connectivity index (χ0v) is 23.7. The summed E-state index contributed by atoms with van der Waals surface area (Å²) in [5, 5.41) is 12.1. The topological polar surface area (TPSA) is 73.7 Å². The van der Waals surface area contributed by atoms with Gasteiger partial charge in [0.05, 0.1) is 17.3 Å². The molecule has 3 atom stereocenters. The molecule has 1 aromatic heterocycles. The molecule has 4 aromatic rings. The Labute approximate surface area is 244 Å². The van der Waals surface area contributed by atoms with Crippen LogP contribution in [-0.4, -0.2) is 45.8 Å². The summed E-state index contributed by atoms with van der Waals surface area (Å²) in [7, 11) is 0. The van der Waals surface area contributed by atoms with Crippen molar-refractivity contribution in [3.05, 3.63) is 137 Å². The maximum atomic E-state index is 11.5. The van der Waals surface area contributed by atoms with E-state index in [0.29, 0.717) is 10.7 Å². The Morgan fingerprint density at radius 3 is 1.95 bits per heavy atom. The fourth-order valence-electron chi connectivity index (χ4n) is 5.01. The van der Waals surface area contributed by atoms with E-state index in [-0.39, 0.29) is 11.8 Å². The number of aromatic nitrogens is 2. The minimum atomic E-state index is -1.06. The van der Waals surface area contributed by atoms with Crippen LogP contribution in [0.2, 0.25) is 5.15 Å². The number of rotatable bonds is 9. The van der Waals surface area contributed by atoms with Crippen LogP contribution in [-0.2, 0) is 19.8 Å². The molecule has 1 aliphatic rings. The van der Waals surface area contributed by atoms with Crippen molar-refractivity contribution >= 4 is 28.2 Å². The molecule has 1 saturated heterocycles. The van der Waals surface area contributed by atoms with E-state index < -0.39 is 29.7 Å². The van der Waals surface area contributed by atoms with Gasteiger partial charge in [-0.2, -0.15) is 0 Å². The predicted molar refractivity (Wildman–Crippen MR) is 156 cm³/mol. The maximum Gasteiger partial charge on any atom is 0.164 e. The lowest BCUT2D eigenvalue weighted by atomic mass is 9.80. The molecule has 1 fully saturated rings. The normalized spacial score (nSPS) is 19.9. The summed E-state index contributed by atoms with van der Waals surface area (Å²) in [6.45, 7) is 3.53. The van der Waals surface area contributed by atoms with Crippen molar-refractivity contribution in [2.45, 2.75) is 43.5 Å². The van der Waals surface area contributed by atoms with Crippen LogP contribution in [0.1, 0.15) is 36.2 Å². The molecule has 0 spiro atoms. The number of ether oxygens (including phenoxy) is 3. The predicted octanol–water partition coefficient (Wildman–Crippen LogP) is 6.60. The average Bonchev–Trinajstić information content (AvgIpc) is 3.28. The summed E-state index contributed by atoms with van der Waals surface area (Å²) in [5.74, 6) is -0.956. The second kappa shape index (κ2) is 12.2. The van der Waals surface area contributed by atoms with Gasteiger partial charge in [-0.05, 0) is 36.6 Å². The molecule has 2 heterocycles. The summed E-state index contributed by atoms with van der Waals surface area (Å²) < 4.78 is 19.1. The van der Waals surface area contributed by atoms with Gasteiger partial charge in [-0.25, -0.2) is 9.97 Å². The summed E-state index contributed by atoms with van der Waals surface area (Å²) in [6, 6.07) is 31.5. The first-order valence-corrected chi connectivity index (χ1v) is 13.7. The minimum Gasteiger partial charge on any atom is -0.388 e. The van der Waals surface area contributed by atoms with Crippen LogP contribution >= 0.6 is 23.2 Å². The van der Waals surface area contributed by atoms with E-state index in [2.05, 4.69) is 9.97 Å². The molecule has 3 aromatic carbocycles. The maximum absolute atomic E-state index is 11.5. The Bertz CT molecular complexity index is 1340. The fraction of sp³-hybridized carbons (Fsp3) is 0.250. The van der Waals surface area contributed by atoms with Gasteiger partial charge in [-0.15, -0.1) is 0 Å². The van der Waals surface area contributed by atoms with Crippen LogP contribution < -0.4 is 0 Å². The van der Waals surface area contributed by atoms with E-state index in [1.165, 1.54) is 6.33 Å². The summed E-state index contributed by atoms with van der Waals surface area (Å²) in [4.78, 5) is 8.08. The molecule has 0 amide bonds. The molecule has 6 nitrogen and oxygen atoms in total.